The molecule has 0 amide bonds. The van der Waals surface area contributed by atoms with Crippen molar-refractivity contribution in [1.82, 2.24) is 14.9 Å². The van der Waals surface area contributed by atoms with E-state index in [2.05, 4.69) is 14.9 Å². The molecule has 0 atom stereocenters. The molecule has 0 aliphatic rings. The first-order valence-corrected chi connectivity index (χ1v) is 7.29. The molecule has 6 nitrogen and oxygen atoms in total. The fraction of sp³-hybridized carbons (Fsp3) is 0.250. The van der Waals surface area contributed by atoms with Crippen molar-refractivity contribution in [3.05, 3.63) is 47.2 Å². The van der Waals surface area contributed by atoms with Crippen LogP contribution in [0.4, 0.5) is 0 Å². The maximum atomic E-state index is 12.1. The van der Waals surface area contributed by atoms with Gasteiger partial charge in [-0.2, -0.15) is 5.10 Å². The van der Waals surface area contributed by atoms with Gasteiger partial charge in [0.05, 0.1) is 6.20 Å². The number of nitrogens with zero attached hydrogens (tertiary/aromatic N) is 1. The van der Waals surface area contributed by atoms with Crippen LogP contribution in [0.2, 0.25) is 0 Å². The molecule has 0 saturated carbocycles. The van der Waals surface area contributed by atoms with Crippen LogP contribution in [0.25, 0.3) is 0 Å². The molecule has 0 spiro atoms. The topological polar surface area (TPSA) is 101 Å². The van der Waals surface area contributed by atoms with E-state index in [1.165, 1.54) is 6.20 Å². The Labute approximate surface area is 112 Å². The molecule has 102 valence electrons. The van der Waals surface area contributed by atoms with Crippen molar-refractivity contribution in [1.29, 1.82) is 0 Å². The number of aromatic amines is 1. The molecule has 2 aromatic rings. The minimum absolute atomic E-state index is 0.0311. The number of hydrogen-bond acceptors (Lipinski definition) is 4. The van der Waals surface area contributed by atoms with Crippen LogP contribution < -0.4 is 10.5 Å². The first-order valence-electron chi connectivity index (χ1n) is 5.81. The quantitative estimate of drug-likeness (QED) is 0.748. The summed E-state index contributed by atoms with van der Waals surface area (Å²) in [6.07, 6.45) is 1.42. The molecule has 2 rings (SSSR count). The number of aromatic nitrogens is 2. The zero-order chi connectivity index (χ0) is 13.9. The van der Waals surface area contributed by atoms with Crippen molar-refractivity contribution in [2.75, 3.05) is 0 Å². The Balaban J connectivity index is 2.17. The van der Waals surface area contributed by atoms with Gasteiger partial charge >= 0.3 is 0 Å². The number of hydrogen-bond donors (Lipinski definition) is 3. The second-order valence-electron chi connectivity index (χ2n) is 4.18. The lowest BCUT2D eigenvalue weighted by atomic mass is 10.1. The fourth-order valence-corrected chi connectivity index (χ4v) is 2.87. The van der Waals surface area contributed by atoms with Gasteiger partial charge in [-0.25, -0.2) is 13.1 Å². The smallest absolute Gasteiger partial charge is 0.258 e. The van der Waals surface area contributed by atoms with Gasteiger partial charge in [0.25, 0.3) is 10.0 Å². The van der Waals surface area contributed by atoms with Crippen molar-refractivity contribution in [2.45, 2.75) is 25.0 Å². The average Bonchev–Trinajstić information content (AvgIpc) is 2.87. The monoisotopic (exact) mass is 280 g/mol. The first kappa shape index (κ1) is 13.7. The van der Waals surface area contributed by atoms with Crippen LogP contribution in [0.1, 0.15) is 16.7 Å². The standard InChI is InChI=1S/C12H16N4O2S/c1-9-4-2-3-5-10(9)8-15-19(17,18)12-11(6-13)7-14-16-12/h2-5,7,15H,6,8,13H2,1H3,(H,14,16). The molecule has 19 heavy (non-hydrogen) atoms. The summed E-state index contributed by atoms with van der Waals surface area (Å²) in [4.78, 5) is 0. The van der Waals surface area contributed by atoms with Crippen molar-refractivity contribution in [3.63, 3.8) is 0 Å². The van der Waals surface area contributed by atoms with Crippen LogP contribution in [0.5, 0.6) is 0 Å². The molecule has 0 saturated heterocycles. The number of benzene rings is 1. The number of H-pyrrole nitrogens is 1. The van der Waals surface area contributed by atoms with Gasteiger partial charge in [-0.1, -0.05) is 24.3 Å². The summed E-state index contributed by atoms with van der Waals surface area (Å²) in [5.74, 6) is 0. The zero-order valence-corrected chi connectivity index (χ0v) is 11.4. The van der Waals surface area contributed by atoms with Crippen LogP contribution in [0, 0.1) is 6.92 Å². The number of rotatable bonds is 5. The lowest BCUT2D eigenvalue weighted by Gasteiger charge is -2.08. The Morgan fingerprint density at radius 1 is 1.32 bits per heavy atom. The van der Waals surface area contributed by atoms with E-state index in [0.717, 1.165) is 11.1 Å². The lowest BCUT2D eigenvalue weighted by molar-refractivity contribution is 0.575. The molecule has 4 N–H and O–H groups in total. The summed E-state index contributed by atoms with van der Waals surface area (Å²) in [5, 5.41) is 6.21. The van der Waals surface area contributed by atoms with E-state index in [0.29, 0.717) is 5.56 Å². The van der Waals surface area contributed by atoms with Gasteiger partial charge in [0.1, 0.15) is 0 Å². The van der Waals surface area contributed by atoms with Gasteiger partial charge in [-0.05, 0) is 18.1 Å². The fourth-order valence-electron chi connectivity index (χ4n) is 1.73. The molecule has 7 heteroatoms. The van der Waals surface area contributed by atoms with E-state index in [1.54, 1.807) is 0 Å². The summed E-state index contributed by atoms with van der Waals surface area (Å²) in [5.41, 5.74) is 7.91. The molecular weight excluding hydrogens is 264 g/mol. The Morgan fingerprint density at radius 2 is 2.05 bits per heavy atom. The number of nitrogens with two attached hydrogens (primary N) is 1. The first-order chi connectivity index (χ1) is 9.04. The highest BCUT2D eigenvalue weighted by Crippen LogP contribution is 2.12. The Kier molecular flexibility index (Phi) is 3.98. The minimum Gasteiger partial charge on any atom is -0.326 e. The van der Waals surface area contributed by atoms with Gasteiger partial charge in [-0.3, -0.25) is 5.10 Å². The van der Waals surface area contributed by atoms with Gasteiger partial charge < -0.3 is 5.73 Å². The predicted molar refractivity (Wildman–Crippen MR) is 71.7 cm³/mol. The number of nitrogens with one attached hydrogen (secondary N) is 2. The summed E-state index contributed by atoms with van der Waals surface area (Å²) in [7, 11) is -3.62. The van der Waals surface area contributed by atoms with Crippen LogP contribution in [-0.4, -0.2) is 18.6 Å². The summed E-state index contributed by atoms with van der Waals surface area (Å²) >= 11 is 0. The average molecular weight is 280 g/mol. The van der Waals surface area contributed by atoms with E-state index in [-0.39, 0.29) is 18.1 Å². The normalized spacial score (nSPS) is 11.7. The third-order valence-corrected chi connectivity index (χ3v) is 4.30. The second-order valence-corrected chi connectivity index (χ2v) is 5.88. The molecule has 0 aliphatic carbocycles. The maximum Gasteiger partial charge on any atom is 0.258 e. The lowest BCUT2D eigenvalue weighted by Crippen LogP contribution is -2.25. The highest BCUT2D eigenvalue weighted by Gasteiger charge is 2.19. The third-order valence-electron chi connectivity index (χ3n) is 2.88. The Bertz CT molecular complexity index is 664. The zero-order valence-electron chi connectivity index (χ0n) is 10.6. The highest BCUT2D eigenvalue weighted by molar-refractivity contribution is 7.89. The van der Waals surface area contributed by atoms with Crippen LogP contribution in [0.3, 0.4) is 0 Å². The molecule has 0 fully saturated rings. The molecule has 0 aliphatic heterocycles. The van der Waals surface area contributed by atoms with Gasteiger partial charge in [0.15, 0.2) is 5.03 Å². The van der Waals surface area contributed by atoms with E-state index in [1.807, 2.05) is 31.2 Å². The van der Waals surface area contributed by atoms with Crippen molar-refractivity contribution < 1.29 is 8.42 Å². The largest absolute Gasteiger partial charge is 0.326 e. The van der Waals surface area contributed by atoms with E-state index < -0.39 is 10.0 Å². The van der Waals surface area contributed by atoms with Crippen molar-refractivity contribution in [2.24, 2.45) is 5.73 Å². The maximum absolute atomic E-state index is 12.1. The summed E-state index contributed by atoms with van der Waals surface area (Å²) in [6, 6.07) is 7.60. The Morgan fingerprint density at radius 3 is 2.74 bits per heavy atom. The molecular formula is C12H16N4O2S. The van der Waals surface area contributed by atoms with Crippen molar-refractivity contribution in [3.8, 4) is 0 Å². The molecule has 0 bridgehead atoms. The van der Waals surface area contributed by atoms with Crippen molar-refractivity contribution >= 4 is 10.0 Å². The van der Waals surface area contributed by atoms with Gasteiger partial charge in [0, 0.05) is 18.7 Å². The molecule has 1 heterocycles. The van der Waals surface area contributed by atoms with Crippen LogP contribution in [-0.2, 0) is 23.1 Å². The number of sulfonamides is 1. The third kappa shape index (κ3) is 3.01. The van der Waals surface area contributed by atoms with Crippen LogP contribution in [0.15, 0.2) is 35.5 Å². The minimum atomic E-state index is -3.62. The van der Waals surface area contributed by atoms with Gasteiger partial charge in [-0.15, -0.1) is 0 Å². The Hall–Kier alpha value is -1.70. The number of aryl methyl sites for hydroxylation is 1. The highest BCUT2D eigenvalue weighted by atomic mass is 32.2. The van der Waals surface area contributed by atoms with E-state index in [4.69, 9.17) is 5.73 Å². The van der Waals surface area contributed by atoms with E-state index in [9.17, 15) is 8.42 Å². The molecule has 1 aromatic carbocycles. The summed E-state index contributed by atoms with van der Waals surface area (Å²) in [6.45, 7) is 2.29. The molecule has 0 radical (unpaired) electrons. The second kappa shape index (κ2) is 5.52. The van der Waals surface area contributed by atoms with Crippen LogP contribution >= 0.6 is 0 Å². The van der Waals surface area contributed by atoms with E-state index >= 15 is 0 Å². The molecule has 1 aromatic heterocycles. The predicted octanol–water partition coefficient (Wildman–Crippen LogP) is 0.655. The van der Waals surface area contributed by atoms with Gasteiger partial charge in [0.2, 0.25) is 0 Å². The summed E-state index contributed by atoms with van der Waals surface area (Å²) < 4.78 is 26.8. The SMILES string of the molecule is Cc1ccccc1CNS(=O)(=O)c1[nH]ncc1CN. The molecule has 0 unspecified atom stereocenters.